The van der Waals surface area contributed by atoms with Crippen LogP contribution in [0.15, 0.2) is 36.4 Å². The van der Waals surface area contributed by atoms with Gasteiger partial charge >= 0.3 is 0 Å². The van der Waals surface area contributed by atoms with Gasteiger partial charge in [-0.1, -0.05) is 69.2 Å². The van der Waals surface area contributed by atoms with Crippen LogP contribution in [0.4, 0.5) is 0 Å². The first-order chi connectivity index (χ1) is 19.4. The minimum Gasteiger partial charge on any atom is -0.507 e. The Hall–Kier alpha value is -3.11. The molecule has 2 unspecified atom stereocenters. The third-order valence-electron chi connectivity index (χ3n) is 10.9. The Labute approximate surface area is 245 Å². The average Bonchev–Trinajstić information content (AvgIpc) is 2.87. The van der Waals surface area contributed by atoms with Gasteiger partial charge in [-0.3, -0.25) is 14.4 Å². The minimum absolute atomic E-state index is 0.0389. The molecule has 2 aromatic carbocycles. The molecule has 3 aliphatic carbocycles. The van der Waals surface area contributed by atoms with Gasteiger partial charge < -0.3 is 31.3 Å². The van der Waals surface area contributed by atoms with E-state index in [-0.39, 0.29) is 11.3 Å². The molecule has 2 aromatic rings. The first-order valence-corrected chi connectivity index (χ1v) is 14.5. The summed E-state index contributed by atoms with van der Waals surface area (Å²) in [7, 11) is 0. The molecule has 0 aromatic heterocycles. The Balaban J connectivity index is 1.83. The summed E-state index contributed by atoms with van der Waals surface area (Å²) in [6, 6.07) is 10.7. The van der Waals surface area contributed by atoms with Crippen LogP contribution in [0.3, 0.4) is 0 Å². The lowest BCUT2D eigenvalue weighted by atomic mass is 9.36. The van der Waals surface area contributed by atoms with E-state index in [4.69, 9.17) is 5.73 Å². The van der Waals surface area contributed by atoms with E-state index in [9.17, 15) is 39.9 Å². The number of Topliss-reactive ketones (excluding diaryl/α,β-unsaturated/α-hetero) is 2. The van der Waals surface area contributed by atoms with Gasteiger partial charge in [0, 0.05) is 10.8 Å². The van der Waals surface area contributed by atoms with E-state index in [0.717, 1.165) is 16.7 Å². The van der Waals surface area contributed by atoms with E-state index in [2.05, 4.69) is 0 Å². The van der Waals surface area contributed by atoms with Crippen molar-refractivity contribution in [2.24, 2.45) is 40.2 Å². The van der Waals surface area contributed by atoms with Gasteiger partial charge in [0.25, 0.3) is 0 Å². The maximum absolute atomic E-state index is 14.3. The molecular formula is C33H41NO8. The van der Waals surface area contributed by atoms with Crippen LogP contribution in [-0.4, -0.2) is 66.9 Å². The lowest BCUT2D eigenvalue weighted by Gasteiger charge is -2.69. The lowest BCUT2D eigenvalue weighted by molar-refractivity contribution is -0.307. The van der Waals surface area contributed by atoms with Gasteiger partial charge in [-0.2, -0.15) is 0 Å². The fraction of sp³-hybridized carbons (Fsp3) is 0.545. The summed E-state index contributed by atoms with van der Waals surface area (Å²) in [6.45, 7) is 10.5. The molecule has 0 radical (unpaired) electrons. The number of ketones is 2. The zero-order valence-corrected chi connectivity index (χ0v) is 24.8. The molecule has 2 fully saturated rings. The summed E-state index contributed by atoms with van der Waals surface area (Å²) in [4.78, 5) is 40.7. The normalized spacial score (nSPS) is 39.5. The van der Waals surface area contributed by atoms with Crippen molar-refractivity contribution in [2.75, 3.05) is 0 Å². The maximum atomic E-state index is 14.3. The molecule has 9 nitrogen and oxygen atoms in total. The number of aryl methyl sites for hydroxylation is 2. The quantitative estimate of drug-likeness (QED) is 0.298. The predicted octanol–water partition coefficient (Wildman–Crippen LogP) is 1.94. The van der Waals surface area contributed by atoms with Gasteiger partial charge in [0.1, 0.15) is 17.8 Å². The summed E-state index contributed by atoms with van der Waals surface area (Å²) >= 11 is 0. The number of hydrogen-bond donors (Lipinski definition) is 6. The Morgan fingerprint density at radius 2 is 1.62 bits per heavy atom. The summed E-state index contributed by atoms with van der Waals surface area (Å²) in [5, 5.41) is 59.4. The number of aliphatic hydroxyl groups excluding tert-OH is 3. The van der Waals surface area contributed by atoms with Crippen LogP contribution in [-0.2, 0) is 16.0 Å². The molecule has 0 heterocycles. The van der Waals surface area contributed by atoms with Crippen molar-refractivity contribution in [1.82, 2.24) is 0 Å². The summed E-state index contributed by atoms with van der Waals surface area (Å²) < 4.78 is 0. The number of carbonyl (C=O) groups excluding carboxylic acids is 3. The topological polar surface area (TPSA) is 178 Å². The van der Waals surface area contributed by atoms with Crippen LogP contribution in [0.2, 0.25) is 0 Å². The zero-order valence-electron chi connectivity index (χ0n) is 24.8. The number of primary amides is 1. The van der Waals surface area contributed by atoms with Crippen LogP contribution in [0, 0.1) is 48.3 Å². The van der Waals surface area contributed by atoms with Crippen LogP contribution >= 0.6 is 0 Å². The van der Waals surface area contributed by atoms with E-state index in [1.165, 1.54) is 13.0 Å². The highest BCUT2D eigenvalue weighted by Gasteiger charge is 2.80. The smallest absolute Gasteiger partial charge is 0.230 e. The van der Waals surface area contributed by atoms with E-state index in [1.807, 2.05) is 32.0 Å². The Bertz CT molecular complexity index is 1470. The molecule has 42 heavy (non-hydrogen) atoms. The van der Waals surface area contributed by atoms with Crippen molar-refractivity contribution in [3.63, 3.8) is 0 Å². The molecule has 0 saturated heterocycles. The van der Waals surface area contributed by atoms with E-state index in [1.54, 1.807) is 32.9 Å². The number of fused-ring (bicyclic) bond motifs is 3. The molecule has 5 rings (SSSR count). The average molecular weight is 580 g/mol. The molecule has 226 valence electrons. The van der Waals surface area contributed by atoms with Gasteiger partial charge in [0.2, 0.25) is 5.91 Å². The monoisotopic (exact) mass is 579 g/mol. The van der Waals surface area contributed by atoms with Crippen LogP contribution in [0.25, 0.3) is 0 Å². The molecular weight excluding hydrogens is 538 g/mol. The molecule has 2 saturated carbocycles. The number of nitrogens with two attached hydrogens (primary N) is 1. The summed E-state index contributed by atoms with van der Waals surface area (Å²) in [5.41, 5.74) is 2.72. The summed E-state index contributed by atoms with van der Waals surface area (Å²) in [6.07, 6.45) is -5.04. The Kier molecular flexibility index (Phi) is 7.01. The van der Waals surface area contributed by atoms with Gasteiger partial charge in [0.05, 0.1) is 23.7 Å². The number of aliphatic hydroxyl groups is 4. The van der Waals surface area contributed by atoms with E-state index in [0.29, 0.717) is 12.0 Å². The van der Waals surface area contributed by atoms with Crippen molar-refractivity contribution in [1.29, 1.82) is 0 Å². The summed E-state index contributed by atoms with van der Waals surface area (Å²) in [5.74, 6) is -9.04. The third kappa shape index (κ3) is 3.66. The molecule has 3 aliphatic rings. The Morgan fingerprint density at radius 1 is 1.02 bits per heavy atom. The lowest BCUT2D eigenvalue weighted by Crippen LogP contribution is -2.83. The number of rotatable bonds is 4. The predicted molar refractivity (Wildman–Crippen MR) is 153 cm³/mol. The maximum Gasteiger partial charge on any atom is 0.230 e. The molecule has 0 aliphatic heterocycles. The van der Waals surface area contributed by atoms with Crippen molar-refractivity contribution < 1.29 is 39.9 Å². The second-order valence-electron chi connectivity index (χ2n) is 13.6. The fourth-order valence-electron chi connectivity index (χ4n) is 9.30. The fourth-order valence-corrected chi connectivity index (χ4v) is 9.30. The SMILES string of the molecule is Cc1cc(C)cc(C[C@@H]2c3cccc(O)c3C(=O)[C@@H]3C(O)[C@@]4(O)C(=O)[C@H](C(N)=O)C(O)[C@H](C(C)C)[C@@]4(C)[C@H](O)[C@@]23C)c1. The van der Waals surface area contributed by atoms with E-state index >= 15 is 0 Å². The van der Waals surface area contributed by atoms with Gasteiger partial charge in [-0.15, -0.1) is 0 Å². The number of phenolic OH excluding ortho intramolecular Hbond substituents is 1. The molecule has 0 spiro atoms. The first-order valence-electron chi connectivity index (χ1n) is 14.5. The van der Waals surface area contributed by atoms with Crippen LogP contribution in [0.1, 0.15) is 66.2 Å². The van der Waals surface area contributed by atoms with Gasteiger partial charge in [0.15, 0.2) is 17.2 Å². The van der Waals surface area contributed by atoms with Crippen molar-refractivity contribution in [3.8, 4) is 5.75 Å². The molecule has 0 bridgehead atoms. The standard InChI is InChI=1S/C33H41NO8/c1-14(2)23-26(37)22(29(34)40)27(38)33(42)28(39)24-25(36)21-18(8-7-9-20(21)35)19(31(24,5)30(41)32(23,33)6)13-17-11-15(3)10-16(4)12-17/h7-12,14,19,22-24,26,28,30,35,37,39,41-42H,13H2,1-6H3,(H2,34,40)/t19-,22-,23+,24-,26?,28?,30-,31+,32+,33+/m1/s1. The zero-order chi connectivity index (χ0) is 31.3. The van der Waals surface area contributed by atoms with Crippen molar-refractivity contribution in [2.45, 2.75) is 77.8 Å². The van der Waals surface area contributed by atoms with Crippen LogP contribution < -0.4 is 5.73 Å². The number of benzene rings is 2. The van der Waals surface area contributed by atoms with Crippen molar-refractivity contribution >= 4 is 17.5 Å². The number of amides is 1. The first kappa shape index (κ1) is 30.4. The molecule has 1 amide bonds. The third-order valence-corrected chi connectivity index (χ3v) is 10.9. The van der Waals surface area contributed by atoms with Gasteiger partial charge in [-0.05, 0) is 55.2 Å². The minimum atomic E-state index is -2.81. The molecule has 10 atom stereocenters. The number of aromatic hydroxyl groups is 1. The highest BCUT2D eigenvalue weighted by atomic mass is 16.4. The van der Waals surface area contributed by atoms with E-state index < -0.39 is 81.8 Å². The number of phenols is 1. The second kappa shape index (κ2) is 9.71. The number of carbonyl (C=O) groups is 3. The van der Waals surface area contributed by atoms with Crippen LogP contribution in [0.5, 0.6) is 5.75 Å². The highest BCUT2D eigenvalue weighted by Crippen LogP contribution is 2.68. The Morgan fingerprint density at radius 3 is 2.17 bits per heavy atom. The largest absolute Gasteiger partial charge is 0.507 e. The van der Waals surface area contributed by atoms with Gasteiger partial charge in [-0.25, -0.2) is 0 Å². The molecule has 9 heteroatoms. The molecule has 7 N–H and O–H groups in total. The second-order valence-corrected chi connectivity index (χ2v) is 13.6. The highest BCUT2D eigenvalue weighted by molar-refractivity contribution is 6.09. The van der Waals surface area contributed by atoms with Crippen molar-refractivity contribution in [3.05, 3.63) is 64.2 Å². The number of hydrogen-bond acceptors (Lipinski definition) is 8.